The smallest absolute Gasteiger partial charge is 0.251 e. The summed E-state index contributed by atoms with van der Waals surface area (Å²) in [4.78, 5) is 24.0. The van der Waals surface area contributed by atoms with E-state index in [9.17, 15) is 9.59 Å². The van der Waals surface area contributed by atoms with Crippen LogP contribution in [0.15, 0.2) is 24.3 Å². The van der Waals surface area contributed by atoms with Gasteiger partial charge in [-0.25, -0.2) is 0 Å². The fourth-order valence-corrected chi connectivity index (χ4v) is 3.88. The lowest BCUT2D eigenvalue weighted by Crippen LogP contribution is -2.40. The summed E-state index contributed by atoms with van der Waals surface area (Å²) < 4.78 is 0. The van der Waals surface area contributed by atoms with Gasteiger partial charge in [-0.1, -0.05) is 11.6 Å². The highest BCUT2D eigenvalue weighted by molar-refractivity contribution is 6.30. The van der Waals surface area contributed by atoms with E-state index in [1.807, 2.05) is 0 Å². The largest absolute Gasteiger partial charge is 0.354 e. The molecule has 2 atom stereocenters. The Morgan fingerprint density at radius 2 is 1.64 bits per heavy atom. The molecule has 1 aromatic carbocycles. The van der Waals surface area contributed by atoms with Crippen molar-refractivity contribution >= 4 is 35.8 Å². The lowest BCUT2D eigenvalue weighted by atomic mass is 9.89. The van der Waals surface area contributed by atoms with Crippen molar-refractivity contribution in [3.05, 3.63) is 34.9 Å². The van der Waals surface area contributed by atoms with Crippen molar-refractivity contribution in [2.24, 2.45) is 5.92 Å². The number of fused-ring (bicyclic) bond motifs is 2. The maximum absolute atomic E-state index is 12.0. The number of carbonyl (C=O) groups excluding carboxylic acids is 2. The van der Waals surface area contributed by atoms with Crippen molar-refractivity contribution in [2.45, 2.75) is 44.2 Å². The first-order valence-corrected chi connectivity index (χ1v) is 9.04. The third-order valence-corrected chi connectivity index (χ3v) is 5.14. The van der Waals surface area contributed by atoms with Crippen LogP contribution in [-0.2, 0) is 4.79 Å². The Bertz CT molecular complexity index is 582. The topological polar surface area (TPSA) is 70.2 Å². The first-order chi connectivity index (χ1) is 11.6. The second kappa shape index (κ2) is 9.41. The molecule has 2 heterocycles. The van der Waals surface area contributed by atoms with E-state index in [2.05, 4.69) is 16.0 Å². The molecular formula is C18H25Cl2N3O2. The van der Waals surface area contributed by atoms with Gasteiger partial charge in [-0.05, 0) is 55.9 Å². The Morgan fingerprint density at radius 1 is 1.04 bits per heavy atom. The predicted octanol–water partition coefficient (Wildman–Crippen LogP) is 2.53. The van der Waals surface area contributed by atoms with E-state index in [4.69, 9.17) is 11.6 Å². The molecule has 138 valence electrons. The molecule has 2 unspecified atom stereocenters. The monoisotopic (exact) mass is 385 g/mol. The van der Waals surface area contributed by atoms with Crippen molar-refractivity contribution in [1.29, 1.82) is 0 Å². The molecule has 3 rings (SSSR count). The van der Waals surface area contributed by atoms with Gasteiger partial charge < -0.3 is 16.0 Å². The van der Waals surface area contributed by atoms with E-state index >= 15 is 0 Å². The van der Waals surface area contributed by atoms with Crippen LogP contribution in [-0.4, -0.2) is 37.0 Å². The van der Waals surface area contributed by atoms with E-state index in [-0.39, 0.29) is 24.2 Å². The van der Waals surface area contributed by atoms with E-state index in [1.165, 1.54) is 12.8 Å². The molecule has 0 aromatic heterocycles. The summed E-state index contributed by atoms with van der Waals surface area (Å²) in [6.07, 6.45) is 5.31. The van der Waals surface area contributed by atoms with E-state index in [1.54, 1.807) is 24.3 Å². The Morgan fingerprint density at radius 3 is 2.28 bits per heavy atom. The average molecular weight is 386 g/mol. The molecule has 2 saturated heterocycles. The third kappa shape index (κ3) is 5.87. The molecule has 2 fully saturated rings. The van der Waals surface area contributed by atoms with Gasteiger partial charge in [0.2, 0.25) is 5.91 Å². The van der Waals surface area contributed by atoms with Crippen molar-refractivity contribution in [3.63, 3.8) is 0 Å². The molecule has 25 heavy (non-hydrogen) atoms. The number of nitrogens with one attached hydrogen (secondary N) is 3. The molecule has 1 aromatic rings. The standard InChI is InChI=1S/C18H24ClN3O2.ClH/c19-14-3-1-13(2-4-14)18(24)21-8-7-20-17(23)11-12-9-15-5-6-16(10-12)22-15;/h1-4,12,15-16,22H,5-11H2,(H,20,23)(H,21,24);1H. The number of halogens is 2. The molecule has 2 amide bonds. The lowest BCUT2D eigenvalue weighted by molar-refractivity contribution is -0.122. The minimum absolute atomic E-state index is 0. The zero-order valence-electron chi connectivity index (χ0n) is 14.1. The van der Waals surface area contributed by atoms with E-state index in [0.29, 0.717) is 48.1 Å². The average Bonchev–Trinajstić information content (AvgIpc) is 2.90. The van der Waals surface area contributed by atoms with Crippen LogP contribution in [0.1, 0.15) is 42.5 Å². The zero-order valence-corrected chi connectivity index (χ0v) is 15.7. The van der Waals surface area contributed by atoms with Gasteiger partial charge in [0, 0.05) is 42.2 Å². The van der Waals surface area contributed by atoms with Gasteiger partial charge >= 0.3 is 0 Å². The van der Waals surface area contributed by atoms with Crippen molar-refractivity contribution in [2.75, 3.05) is 13.1 Å². The van der Waals surface area contributed by atoms with Gasteiger partial charge in [-0.2, -0.15) is 0 Å². The maximum Gasteiger partial charge on any atom is 0.251 e. The third-order valence-electron chi connectivity index (χ3n) is 4.88. The SMILES string of the molecule is Cl.O=C(CC1CC2CCC(C1)N2)NCCNC(=O)c1ccc(Cl)cc1. The molecule has 0 aliphatic carbocycles. The predicted molar refractivity (Wildman–Crippen MR) is 101 cm³/mol. The molecule has 5 nitrogen and oxygen atoms in total. The molecule has 0 radical (unpaired) electrons. The van der Waals surface area contributed by atoms with Crippen molar-refractivity contribution in [3.8, 4) is 0 Å². The van der Waals surface area contributed by atoms with Gasteiger partial charge in [0.25, 0.3) is 5.91 Å². The Hall–Kier alpha value is -1.30. The van der Waals surface area contributed by atoms with Crippen LogP contribution in [0.2, 0.25) is 5.02 Å². The second-order valence-corrected chi connectivity index (χ2v) is 7.23. The molecule has 0 saturated carbocycles. The first kappa shape index (κ1) is 20.0. The summed E-state index contributed by atoms with van der Waals surface area (Å²) in [5.41, 5.74) is 0.566. The summed E-state index contributed by atoms with van der Waals surface area (Å²) in [6.45, 7) is 0.876. The minimum Gasteiger partial charge on any atom is -0.354 e. The second-order valence-electron chi connectivity index (χ2n) is 6.79. The fraction of sp³-hybridized carbons (Fsp3) is 0.556. The van der Waals surface area contributed by atoms with Crippen LogP contribution in [0, 0.1) is 5.92 Å². The molecule has 3 N–H and O–H groups in total. The minimum atomic E-state index is -0.157. The van der Waals surface area contributed by atoms with Crippen molar-refractivity contribution < 1.29 is 9.59 Å². The van der Waals surface area contributed by atoms with Gasteiger partial charge in [0.05, 0.1) is 0 Å². The van der Waals surface area contributed by atoms with E-state index < -0.39 is 0 Å². The first-order valence-electron chi connectivity index (χ1n) is 8.66. The fourth-order valence-electron chi connectivity index (χ4n) is 3.76. The lowest BCUT2D eigenvalue weighted by Gasteiger charge is -2.28. The van der Waals surface area contributed by atoms with Gasteiger partial charge in [0.1, 0.15) is 0 Å². The van der Waals surface area contributed by atoms with Crippen LogP contribution in [0.4, 0.5) is 0 Å². The summed E-state index contributed by atoms with van der Waals surface area (Å²) in [5.74, 6) is 0.422. The quantitative estimate of drug-likeness (QED) is 0.658. The molecule has 7 heteroatoms. The molecular weight excluding hydrogens is 361 g/mol. The number of benzene rings is 1. The summed E-state index contributed by atoms with van der Waals surface area (Å²) in [6, 6.07) is 7.96. The van der Waals surface area contributed by atoms with E-state index in [0.717, 1.165) is 12.8 Å². The number of carbonyl (C=O) groups is 2. The Balaban J connectivity index is 0.00000225. The maximum atomic E-state index is 12.0. The molecule has 2 aliphatic heterocycles. The molecule has 2 bridgehead atoms. The highest BCUT2D eigenvalue weighted by Crippen LogP contribution is 2.32. The van der Waals surface area contributed by atoms with Crippen LogP contribution in [0.25, 0.3) is 0 Å². The zero-order chi connectivity index (χ0) is 16.9. The normalized spacial score (nSPS) is 24.3. The van der Waals surface area contributed by atoms with Gasteiger partial charge in [0.15, 0.2) is 0 Å². The van der Waals surface area contributed by atoms with Gasteiger partial charge in [-0.15, -0.1) is 12.4 Å². The number of piperidine rings is 1. The summed E-state index contributed by atoms with van der Waals surface area (Å²) in [5, 5.41) is 9.89. The van der Waals surface area contributed by atoms with Crippen molar-refractivity contribution in [1.82, 2.24) is 16.0 Å². The number of hydrogen-bond acceptors (Lipinski definition) is 3. The Kier molecular flexibility index (Phi) is 7.54. The van der Waals surface area contributed by atoms with Crippen LogP contribution >= 0.6 is 24.0 Å². The number of hydrogen-bond donors (Lipinski definition) is 3. The van der Waals surface area contributed by atoms with Crippen LogP contribution in [0.3, 0.4) is 0 Å². The van der Waals surface area contributed by atoms with Crippen LogP contribution < -0.4 is 16.0 Å². The molecule has 0 spiro atoms. The van der Waals surface area contributed by atoms with Gasteiger partial charge in [-0.3, -0.25) is 9.59 Å². The summed E-state index contributed by atoms with van der Waals surface area (Å²) in [7, 11) is 0. The Labute approximate surface area is 159 Å². The highest BCUT2D eigenvalue weighted by atomic mass is 35.5. The molecule has 2 aliphatic rings. The van der Waals surface area contributed by atoms with Crippen LogP contribution in [0.5, 0.6) is 0 Å². The highest BCUT2D eigenvalue weighted by Gasteiger charge is 2.34. The number of rotatable bonds is 6. The summed E-state index contributed by atoms with van der Waals surface area (Å²) >= 11 is 5.80. The number of amides is 2.